The van der Waals surface area contributed by atoms with Crippen LogP contribution >= 0.6 is 0 Å². The molecule has 7 heteroatoms. The molecule has 146 valence electrons. The Balaban J connectivity index is 1.49. The predicted molar refractivity (Wildman–Crippen MR) is 102 cm³/mol. The van der Waals surface area contributed by atoms with Crippen LogP contribution in [0.15, 0.2) is 47.0 Å². The number of aryl methyl sites for hydroxylation is 2. The van der Waals surface area contributed by atoms with Crippen molar-refractivity contribution in [1.82, 2.24) is 10.1 Å². The molecule has 0 bridgehead atoms. The van der Waals surface area contributed by atoms with Crippen molar-refractivity contribution >= 4 is 5.97 Å². The Bertz CT molecular complexity index is 951. The van der Waals surface area contributed by atoms with Gasteiger partial charge in [-0.25, -0.2) is 0 Å². The molecular weight excluding hydrogens is 360 g/mol. The second-order valence-corrected chi connectivity index (χ2v) is 6.24. The van der Waals surface area contributed by atoms with Crippen molar-refractivity contribution in [1.29, 1.82) is 0 Å². The molecule has 0 aliphatic carbocycles. The minimum absolute atomic E-state index is 0.0928. The highest BCUT2D eigenvalue weighted by Gasteiger charge is 2.14. The highest BCUT2D eigenvalue weighted by molar-refractivity contribution is 5.69. The average molecular weight is 382 g/mol. The maximum atomic E-state index is 11.9. The van der Waals surface area contributed by atoms with E-state index in [1.54, 1.807) is 13.2 Å². The van der Waals surface area contributed by atoms with Crippen molar-refractivity contribution in [3.8, 4) is 22.9 Å². The Morgan fingerprint density at radius 3 is 2.75 bits per heavy atom. The number of hydrogen-bond acceptors (Lipinski definition) is 7. The number of ether oxygens (including phenoxy) is 3. The summed E-state index contributed by atoms with van der Waals surface area (Å²) in [6.07, 6.45) is 0.126. The highest BCUT2D eigenvalue weighted by atomic mass is 16.6. The van der Waals surface area contributed by atoms with Crippen LogP contribution in [0.2, 0.25) is 0 Å². The third-order valence-electron chi connectivity index (χ3n) is 4.08. The van der Waals surface area contributed by atoms with Gasteiger partial charge in [-0.05, 0) is 43.2 Å². The quantitative estimate of drug-likeness (QED) is 0.547. The van der Waals surface area contributed by atoms with Crippen molar-refractivity contribution in [3.63, 3.8) is 0 Å². The number of hydrogen-bond donors (Lipinski definition) is 0. The Hall–Kier alpha value is -3.35. The molecule has 0 aliphatic rings. The molecule has 0 radical (unpaired) electrons. The average Bonchev–Trinajstić information content (AvgIpc) is 3.18. The molecule has 0 N–H and O–H groups in total. The van der Waals surface area contributed by atoms with Gasteiger partial charge in [0.2, 0.25) is 5.82 Å². The normalized spacial score (nSPS) is 10.5. The number of carbonyl (C=O) groups is 1. The van der Waals surface area contributed by atoms with Crippen LogP contribution in [0.1, 0.15) is 23.4 Å². The molecule has 1 heterocycles. The molecule has 0 fully saturated rings. The third-order valence-corrected chi connectivity index (χ3v) is 4.08. The van der Waals surface area contributed by atoms with E-state index in [0.717, 1.165) is 16.9 Å². The first-order chi connectivity index (χ1) is 13.6. The predicted octanol–water partition coefficient (Wildman–Crippen LogP) is 3.87. The van der Waals surface area contributed by atoms with Crippen molar-refractivity contribution in [2.24, 2.45) is 0 Å². The lowest BCUT2D eigenvalue weighted by atomic mass is 10.1. The van der Waals surface area contributed by atoms with E-state index in [1.165, 1.54) is 0 Å². The van der Waals surface area contributed by atoms with Crippen molar-refractivity contribution < 1.29 is 23.5 Å². The monoisotopic (exact) mass is 382 g/mol. The van der Waals surface area contributed by atoms with Crippen LogP contribution in [0.5, 0.6) is 11.5 Å². The molecule has 0 saturated carbocycles. The number of aromatic nitrogens is 2. The lowest BCUT2D eigenvalue weighted by Gasteiger charge is -2.09. The lowest BCUT2D eigenvalue weighted by molar-refractivity contribution is -0.146. The zero-order chi connectivity index (χ0) is 19.9. The van der Waals surface area contributed by atoms with Crippen LogP contribution in [0.25, 0.3) is 11.4 Å². The third kappa shape index (κ3) is 4.88. The van der Waals surface area contributed by atoms with Gasteiger partial charge in [-0.15, -0.1) is 0 Å². The van der Waals surface area contributed by atoms with E-state index in [4.69, 9.17) is 18.7 Å². The molecule has 0 aliphatic heterocycles. The van der Waals surface area contributed by atoms with Gasteiger partial charge < -0.3 is 18.7 Å². The van der Waals surface area contributed by atoms with Crippen molar-refractivity contribution in [2.75, 3.05) is 13.7 Å². The van der Waals surface area contributed by atoms with E-state index >= 15 is 0 Å². The minimum atomic E-state index is -0.401. The maximum Gasteiger partial charge on any atom is 0.309 e. The van der Waals surface area contributed by atoms with Gasteiger partial charge in [0.25, 0.3) is 5.89 Å². The Morgan fingerprint density at radius 1 is 1.11 bits per heavy atom. The van der Waals surface area contributed by atoms with Crippen LogP contribution in [0.3, 0.4) is 0 Å². The molecule has 0 spiro atoms. The fourth-order valence-corrected chi connectivity index (χ4v) is 2.57. The molecule has 28 heavy (non-hydrogen) atoms. The Labute approximate surface area is 163 Å². The Kier molecular flexibility index (Phi) is 6.26. The summed E-state index contributed by atoms with van der Waals surface area (Å²) < 4.78 is 21.3. The van der Waals surface area contributed by atoms with E-state index in [-0.39, 0.29) is 25.5 Å². The van der Waals surface area contributed by atoms with Crippen LogP contribution < -0.4 is 9.47 Å². The number of benzene rings is 2. The largest absolute Gasteiger partial charge is 0.496 e. The molecule has 3 aromatic rings. The SMILES string of the molecule is COc1ccccc1-c1noc(COC(=O)CCOc2cc(C)ccc2C)n1. The van der Waals surface area contributed by atoms with E-state index < -0.39 is 5.97 Å². The van der Waals surface area contributed by atoms with E-state index in [1.807, 2.05) is 50.2 Å². The number of carbonyl (C=O) groups excluding carboxylic acids is 1. The zero-order valence-electron chi connectivity index (χ0n) is 16.1. The molecule has 0 saturated heterocycles. The van der Waals surface area contributed by atoms with E-state index in [2.05, 4.69) is 10.1 Å². The first-order valence-electron chi connectivity index (χ1n) is 8.88. The zero-order valence-corrected chi connectivity index (χ0v) is 16.1. The number of nitrogens with zero attached hydrogens (tertiary/aromatic N) is 2. The summed E-state index contributed by atoms with van der Waals surface area (Å²) in [5.41, 5.74) is 2.83. The summed E-state index contributed by atoms with van der Waals surface area (Å²) in [6, 6.07) is 13.3. The molecule has 0 atom stereocenters. The van der Waals surface area contributed by atoms with Gasteiger partial charge in [0.15, 0.2) is 6.61 Å². The second-order valence-electron chi connectivity index (χ2n) is 6.24. The summed E-state index contributed by atoms with van der Waals surface area (Å²) in [5.74, 6) is 1.59. The van der Waals surface area contributed by atoms with Gasteiger partial charge in [-0.3, -0.25) is 4.79 Å². The van der Waals surface area contributed by atoms with Crippen LogP contribution in [-0.4, -0.2) is 29.8 Å². The molecule has 0 amide bonds. The topological polar surface area (TPSA) is 83.7 Å². The first kappa shape index (κ1) is 19.4. The molecule has 3 rings (SSSR count). The summed E-state index contributed by atoms with van der Waals surface area (Å²) in [7, 11) is 1.57. The van der Waals surface area contributed by atoms with E-state index in [0.29, 0.717) is 17.1 Å². The number of esters is 1. The van der Waals surface area contributed by atoms with Gasteiger partial charge in [-0.2, -0.15) is 4.98 Å². The fourth-order valence-electron chi connectivity index (χ4n) is 2.57. The fraction of sp³-hybridized carbons (Fsp3) is 0.286. The van der Waals surface area contributed by atoms with Crippen LogP contribution in [-0.2, 0) is 16.1 Å². The van der Waals surface area contributed by atoms with E-state index in [9.17, 15) is 4.79 Å². The molecule has 7 nitrogen and oxygen atoms in total. The molecular formula is C21H22N2O5. The van der Waals surface area contributed by atoms with Gasteiger partial charge in [-0.1, -0.05) is 29.4 Å². The standard InChI is InChI=1S/C21H22N2O5/c1-14-8-9-15(2)18(12-14)26-11-10-20(24)27-13-19-22-21(23-28-19)16-6-4-5-7-17(16)25-3/h4-9,12H,10-11,13H2,1-3H3. The van der Waals surface area contributed by atoms with Crippen molar-refractivity contribution in [3.05, 3.63) is 59.5 Å². The lowest BCUT2D eigenvalue weighted by Crippen LogP contribution is -2.10. The minimum Gasteiger partial charge on any atom is -0.496 e. The molecule has 2 aromatic carbocycles. The molecule has 0 unspecified atom stereocenters. The van der Waals surface area contributed by atoms with Gasteiger partial charge >= 0.3 is 5.97 Å². The first-order valence-corrected chi connectivity index (χ1v) is 8.88. The summed E-state index contributed by atoms with van der Waals surface area (Å²) >= 11 is 0. The molecule has 1 aromatic heterocycles. The summed E-state index contributed by atoms with van der Waals surface area (Å²) in [6.45, 7) is 4.09. The van der Waals surface area contributed by atoms with Gasteiger partial charge in [0.1, 0.15) is 11.5 Å². The second kappa shape index (κ2) is 9.03. The van der Waals surface area contributed by atoms with Crippen molar-refractivity contribution in [2.45, 2.75) is 26.9 Å². The summed E-state index contributed by atoms with van der Waals surface area (Å²) in [4.78, 5) is 16.2. The van der Waals surface area contributed by atoms with Crippen LogP contribution in [0.4, 0.5) is 0 Å². The number of methoxy groups -OCH3 is 1. The van der Waals surface area contributed by atoms with Gasteiger partial charge in [0, 0.05) is 0 Å². The van der Waals surface area contributed by atoms with Gasteiger partial charge in [0.05, 0.1) is 25.7 Å². The summed E-state index contributed by atoms with van der Waals surface area (Å²) in [5, 5.41) is 3.91. The maximum absolute atomic E-state index is 11.9. The smallest absolute Gasteiger partial charge is 0.309 e. The number of para-hydroxylation sites is 1. The Morgan fingerprint density at radius 2 is 1.93 bits per heavy atom. The number of rotatable bonds is 8. The van der Waals surface area contributed by atoms with Crippen LogP contribution in [0, 0.1) is 13.8 Å². The highest BCUT2D eigenvalue weighted by Crippen LogP contribution is 2.27.